The molecule has 0 saturated carbocycles. The van der Waals surface area contributed by atoms with Crippen LogP contribution in [0.3, 0.4) is 0 Å². The van der Waals surface area contributed by atoms with Gasteiger partial charge in [-0.1, -0.05) is 0 Å². The quantitative estimate of drug-likeness (QED) is 0.840. The molecule has 0 aliphatic carbocycles. The number of carboxylic acid groups (broad SMARTS) is 1. The number of aromatic carboxylic acids is 1. The Bertz CT molecular complexity index is 685. The molecule has 0 saturated heterocycles. The van der Waals surface area contributed by atoms with Crippen LogP contribution in [0.25, 0.3) is 5.69 Å². The van der Waals surface area contributed by atoms with Gasteiger partial charge in [-0.2, -0.15) is 0 Å². The van der Waals surface area contributed by atoms with Crippen LogP contribution in [0.15, 0.2) is 35.0 Å². The Morgan fingerprint density at radius 2 is 1.91 bits per heavy atom. The molecule has 1 aromatic heterocycles. The van der Waals surface area contributed by atoms with Crippen LogP contribution in [-0.2, 0) is 4.74 Å². The number of amides is 1. The van der Waals surface area contributed by atoms with Crippen molar-refractivity contribution in [3.05, 3.63) is 36.0 Å². The molecule has 1 amide bonds. The number of rotatable bonds is 3. The molecular formula is C14H16N3O5+. The third kappa shape index (κ3) is 4.05. The zero-order valence-corrected chi connectivity index (χ0v) is 12.4. The van der Waals surface area contributed by atoms with Crippen molar-refractivity contribution in [2.45, 2.75) is 26.4 Å². The third-order valence-electron chi connectivity index (χ3n) is 2.47. The minimum atomic E-state index is -1.01. The number of nitrogens with one attached hydrogen (secondary N) is 1. The molecule has 1 aromatic carbocycles. The molecule has 8 nitrogen and oxygen atoms in total. The summed E-state index contributed by atoms with van der Waals surface area (Å²) in [6, 6.07) is 6.03. The average Bonchev–Trinajstić information content (AvgIpc) is 2.85. The number of carboxylic acids is 1. The maximum Gasteiger partial charge on any atom is 0.414 e. The number of hydrogen-bond acceptors (Lipinski definition) is 5. The fourth-order valence-corrected chi connectivity index (χ4v) is 1.58. The molecule has 2 aromatic rings. The second kappa shape index (κ2) is 5.84. The van der Waals surface area contributed by atoms with E-state index in [1.54, 1.807) is 32.9 Å². The van der Waals surface area contributed by atoms with Gasteiger partial charge in [0.15, 0.2) is 0 Å². The lowest BCUT2D eigenvalue weighted by Crippen LogP contribution is -2.31. The number of carbonyl (C=O) groups excluding carboxylic acids is 1. The molecular weight excluding hydrogens is 290 g/mol. The van der Waals surface area contributed by atoms with E-state index >= 15 is 0 Å². The lowest BCUT2D eigenvalue weighted by Gasteiger charge is -2.18. The molecule has 0 radical (unpaired) electrons. The standard InChI is InChI=1S/C14H15N3O5/c1-14(2,3)21-13(20)15-11-8-17(16-22-11)10-6-4-9(5-7-10)12(18)19/h4-8H,1-3H3,(H-,15,16,18,19,20)/p+1. The first-order valence-electron chi connectivity index (χ1n) is 6.47. The predicted molar refractivity (Wildman–Crippen MR) is 74.9 cm³/mol. The molecule has 8 heteroatoms. The Morgan fingerprint density at radius 3 is 2.45 bits per heavy atom. The highest BCUT2D eigenvalue weighted by atomic mass is 16.6. The van der Waals surface area contributed by atoms with Gasteiger partial charge < -0.3 is 9.84 Å². The van der Waals surface area contributed by atoms with Gasteiger partial charge >= 0.3 is 17.9 Å². The molecule has 1 heterocycles. The second-order valence-corrected chi connectivity index (χ2v) is 5.49. The molecule has 0 spiro atoms. The summed E-state index contributed by atoms with van der Waals surface area (Å²) in [6.45, 7) is 5.24. The number of nitrogens with zero attached hydrogens (tertiary/aromatic N) is 2. The summed E-state index contributed by atoms with van der Waals surface area (Å²) in [5.41, 5.74) is 0.137. The van der Waals surface area contributed by atoms with Crippen molar-refractivity contribution in [2.24, 2.45) is 0 Å². The molecule has 0 atom stereocenters. The SMILES string of the molecule is CC(C)(C)OC(=O)Nc1c[n+](-c2ccc(C(=O)O)cc2)no1. The zero-order chi connectivity index (χ0) is 16.3. The molecule has 22 heavy (non-hydrogen) atoms. The van der Waals surface area contributed by atoms with E-state index in [-0.39, 0.29) is 11.4 Å². The highest BCUT2D eigenvalue weighted by Crippen LogP contribution is 2.11. The van der Waals surface area contributed by atoms with Crippen molar-refractivity contribution in [3.8, 4) is 5.69 Å². The van der Waals surface area contributed by atoms with Gasteiger partial charge in [0.25, 0.3) is 6.20 Å². The van der Waals surface area contributed by atoms with E-state index in [0.717, 1.165) is 0 Å². The van der Waals surface area contributed by atoms with Crippen molar-refractivity contribution in [3.63, 3.8) is 0 Å². The summed E-state index contributed by atoms with van der Waals surface area (Å²) in [4.78, 5) is 22.4. The molecule has 0 unspecified atom stereocenters. The van der Waals surface area contributed by atoms with Crippen LogP contribution in [-0.4, -0.2) is 28.0 Å². The minimum absolute atomic E-state index is 0.108. The maximum atomic E-state index is 11.6. The van der Waals surface area contributed by atoms with Gasteiger partial charge in [0.05, 0.1) is 5.56 Å². The van der Waals surface area contributed by atoms with E-state index in [1.165, 1.54) is 23.0 Å². The van der Waals surface area contributed by atoms with Crippen molar-refractivity contribution < 1.29 is 28.6 Å². The number of benzene rings is 1. The Labute approximate surface area is 126 Å². The van der Waals surface area contributed by atoms with Crippen LogP contribution in [0.2, 0.25) is 0 Å². The van der Waals surface area contributed by atoms with Gasteiger partial charge in [0.2, 0.25) is 11.0 Å². The smallest absolute Gasteiger partial charge is 0.414 e. The molecule has 0 bridgehead atoms. The molecule has 116 valence electrons. The van der Waals surface area contributed by atoms with Gasteiger partial charge in [-0.05, 0) is 37.6 Å². The molecule has 2 N–H and O–H groups in total. The van der Waals surface area contributed by atoms with Gasteiger partial charge in [0, 0.05) is 12.1 Å². The summed E-state index contributed by atoms with van der Waals surface area (Å²) in [6.07, 6.45) is 0.789. The summed E-state index contributed by atoms with van der Waals surface area (Å²) < 4.78 is 11.4. The summed E-state index contributed by atoms with van der Waals surface area (Å²) >= 11 is 0. The van der Waals surface area contributed by atoms with Crippen molar-refractivity contribution in [1.29, 1.82) is 0 Å². The number of anilines is 1. The zero-order valence-electron chi connectivity index (χ0n) is 12.4. The van der Waals surface area contributed by atoms with E-state index in [4.69, 9.17) is 14.4 Å². The Kier molecular flexibility index (Phi) is 4.11. The van der Waals surface area contributed by atoms with Gasteiger partial charge in [-0.25, -0.2) is 9.59 Å². The van der Waals surface area contributed by atoms with E-state index < -0.39 is 17.7 Å². The number of aromatic nitrogens is 2. The largest absolute Gasteiger partial charge is 0.478 e. The first-order valence-corrected chi connectivity index (χ1v) is 6.47. The van der Waals surface area contributed by atoms with E-state index in [0.29, 0.717) is 5.69 Å². The molecule has 0 fully saturated rings. The van der Waals surface area contributed by atoms with Crippen molar-refractivity contribution >= 4 is 17.9 Å². The fourth-order valence-electron chi connectivity index (χ4n) is 1.58. The summed E-state index contributed by atoms with van der Waals surface area (Å²) in [5, 5.41) is 15.0. The normalized spacial score (nSPS) is 11.0. The fraction of sp³-hybridized carbons (Fsp3) is 0.286. The van der Waals surface area contributed by atoms with E-state index in [2.05, 4.69) is 10.6 Å². The van der Waals surface area contributed by atoms with E-state index in [1.807, 2.05) is 0 Å². The van der Waals surface area contributed by atoms with Gasteiger partial charge in [-0.15, -0.1) is 0 Å². The number of carbonyl (C=O) groups is 2. The third-order valence-corrected chi connectivity index (χ3v) is 2.47. The number of ether oxygens (including phenoxy) is 1. The topological polar surface area (TPSA) is 106 Å². The Morgan fingerprint density at radius 1 is 1.27 bits per heavy atom. The lowest BCUT2D eigenvalue weighted by atomic mass is 10.2. The van der Waals surface area contributed by atoms with Crippen molar-refractivity contribution in [2.75, 3.05) is 5.32 Å². The highest BCUT2D eigenvalue weighted by Gasteiger charge is 2.21. The second-order valence-electron chi connectivity index (χ2n) is 5.49. The van der Waals surface area contributed by atoms with E-state index in [9.17, 15) is 9.59 Å². The molecule has 0 aliphatic heterocycles. The Balaban J connectivity index is 2.08. The van der Waals surface area contributed by atoms with Crippen LogP contribution in [0.4, 0.5) is 10.7 Å². The van der Waals surface area contributed by atoms with Crippen LogP contribution >= 0.6 is 0 Å². The molecule has 0 aliphatic rings. The van der Waals surface area contributed by atoms with Gasteiger partial charge in [0.1, 0.15) is 5.60 Å². The predicted octanol–water partition coefficient (Wildman–Crippen LogP) is 2.00. The highest BCUT2D eigenvalue weighted by molar-refractivity contribution is 5.87. The summed E-state index contributed by atoms with van der Waals surface area (Å²) in [7, 11) is 0. The molecule has 2 rings (SSSR count). The lowest BCUT2D eigenvalue weighted by molar-refractivity contribution is -0.670. The summed E-state index contributed by atoms with van der Waals surface area (Å²) in [5.74, 6) is -0.902. The van der Waals surface area contributed by atoms with Crippen LogP contribution in [0.1, 0.15) is 31.1 Å². The first-order chi connectivity index (χ1) is 10.2. The monoisotopic (exact) mass is 306 g/mol. The average molecular weight is 306 g/mol. The van der Waals surface area contributed by atoms with Crippen LogP contribution in [0, 0.1) is 0 Å². The van der Waals surface area contributed by atoms with Crippen molar-refractivity contribution in [1.82, 2.24) is 5.27 Å². The first kappa shape index (κ1) is 15.5. The number of hydrogen-bond donors (Lipinski definition) is 2. The van der Waals surface area contributed by atoms with Gasteiger partial charge in [-0.3, -0.25) is 9.84 Å². The maximum absolute atomic E-state index is 11.6. The Hall–Kier alpha value is -2.90. The van der Waals surface area contributed by atoms with Crippen LogP contribution in [0.5, 0.6) is 0 Å². The minimum Gasteiger partial charge on any atom is -0.478 e. The van der Waals surface area contributed by atoms with Crippen LogP contribution < -0.4 is 10.00 Å².